The number of hydrogen-bond donors (Lipinski definition) is 2. The van der Waals surface area contributed by atoms with Gasteiger partial charge in [-0.2, -0.15) is 5.10 Å². The Balaban J connectivity index is 1.45. The van der Waals surface area contributed by atoms with Crippen molar-refractivity contribution >= 4 is 22.9 Å². The van der Waals surface area contributed by atoms with Crippen LogP contribution in [0.4, 0.5) is 5.95 Å². The molecule has 164 valence electrons. The predicted molar refractivity (Wildman–Crippen MR) is 123 cm³/mol. The van der Waals surface area contributed by atoms with Crippen LogP contribution in [-0.2, 0) is 11.2 Å². The van der Waals surface area contributed by atoms with Crippen LogP contribution in [0.25, 0.3) is 33.4 Å². The maximum Gasteiger partial charge on any atom is 0.220 e. The number of nitrogens with one attached hydrogen (secondary N) is 1. The van der Waals surface area contributed by atoms with E-state index in [0.717, 1.165) is 71.5 Å². The molecule has 0 bridgehead atoms. The molecule has 1 aliphatic rings. The maximum absolute atomic E-state index is 11.6. The molecule has 1 amide bonds. The Morgan fingerprint density at radius 1 is 1.19 bits per heavy atom. The number of nitrogens with zero attached hydrogens (tertiary/aromatic N) is 6. The lowest BCUT2D eigenvalue weighted by atomic mass is 10.0. The van der Waals surface area contributed by atoms with Gasteiger partial charge < -0.3 is 15.6 Å². The van der Waals surface area contributed by atoms with Gasteiger partial charge in [-0.05, 0) is 31.4 Å². The molecule has 9 heteroatoms. The number of amides is 1. The van der Waals surface area contributed by atoms with Crippen LogP contribution >= 0.6 is 0 Å². The normalized spacial score (nSPS) is 14.9. The first-order chi connectivity index (χ1) is 15.5. The highest BCUT2D eigenvalue weighted by molar-refractivity contribution is 5.95. The number of aromatic nitrogens is 6. The van der Waals surface area contributed by atoms with Gasteiger partial charge >= 0.3 is 0 Å². The zero-order chi connectivity index (χ0) is 22.2. The van der Waals surface area contributed by atoms with Crippen molar-refractivity contribution in [3.05, 3.63) is 42.6 Å². The second-order valence-electron chi connectivity index (χ2n) is 8.23. The molecule has 9 nitrogen and oxygen atoms in total. The number of hydrogen-bond acceptors (Lipinski definition) is 6. The number of likely N-dealkylation sites (tertiary alicyclic amines) is 1. The Bertz CT molecular complexity index is 1280. The standard InChI is InChI=1S/C23H26N8O/c1-3-17-9-21(29-23(24)28-17)20-12-26-22-19(20)8-15(10-25-22)16-11-27-31(13-16)18-4-6-30(7-5-18)14(2)32/h8-13,18H,3-7H2,1-2H3,(H,25,26)(H2,24,28,29). The van der Waals surface area contributed by atoms with Gasteiger partial charge in [-0.25, -0.2) is 15.0 Å². The van der Waals surface area contributed by atoms with E-state index >= 15 is 0 Å². The molecule has 3 N–H and O–H groups in total. The van der Waals surface area contributed by atoms with Crippen LogP contribution in [0.15, 0.2) is 36.9 Å². The molecule has 4 aromatic heterocycles. The first-order valence-corrected chi connectivity index (χ1v) is 10.9. The smallest absolute Gasteiger partial charge is 0.220 e. The molecule has 32 heavy (non-hydrogen) atoms. The Morgan fingerprint density at radius 3 is 2.75 bits per heavy atom. The van der Waals surface area contributed by atoms with E-state index in [1.807, 2.05) is 41.2 Å². The predicted octanol–water partition coefficient (Wildman–Crippen LogP) is 3.21. The highest BCUT2D eigenvalue weighted by Gasteiger charge is 2.22. The summed E-state index contributed by atoms with van der Waals surface area (Å²) in [5.41, 5.74) is 11.4. The summed E-state index contributed by atoms with van der Waals surface area (Å²) in [4.78, 5) is 30.0. The van der Waals surface area contributed by atoms with Gasteiger partial charge in [-0.3, -0.25) is 9.48 Å². The van der Waals surface area contributed by atoms with Crippen LogP contribution in [0.3, 0.4) is 0 Å². The quantitative estimate of drug-likeness (QED) is 0.513. The highest BCUT2D eigenvalue weighted by atomic mass is 16.2. The fraction of sp³-hybridized carbons (Fsp3) is 0.348. The van der Waals surface area contributed by atoms with Gasteiger partial charge in [0.1, 0.15) is 5.65 Å². The van der Waals surface area contributed by atoms with Crippen molar-refractivity contribution in [3.8, 4) is 22.4 Å². The summed E-state index contributed by atoms with van der Waals surface area (Å²) >= 11 is 0. The van der Waals surface area contributed by atoms with Crippen molar-refractivity contribution in [2.24, 2.45) is 0 Å². The molecule has 0 spiro atoms. The van der Waals surface area contributed by atoms with E-state index in [-0.39, 0.29) is 11.9 Å². The lowest BCUT2D eigenvalue weighted by Gasteiger charge is -2.31. The molecule has 5 heterocycles. The Morgan fingerprint density at radius 2 is 2.00 bits per heavy atom. The van der Waals surface area contributed by atoms with Crippen molar-refractivity contribution in [1.29, 1.82) is 0 Å². The number of rotatable bonds is 4. The number of aromatic amines is 1. The number of nitrogens with two attached hydrogens (primary N) is 1. The molecule has 1 saturated heterocycles. The second-order valence-corrected chi connectivity index (χ2v) is 8.23. The fourth-order valence-electron chi connectivity index (χ4n) is 4.34. The average molecular weight is 431 g/mol. The molecule has 0 aromatic carbocycles. The van der Waals surface area contributed by atoms with E-state index in [2.05, 4.69) is 37.3 Å². The van der Waals surface area contributed by atoms with Crippen LogP contribution < -0.4 is 5.73 Å². The third-order valence-corrected chi connectivity index (χ3v) is 6.18. The van der Waals surface area contributed by atoms with E-state index in [9.17, 15) is 4.79 Å². The summed E-state index contributed by atoms with van der Waals surface area (Å²) in [5, 5.41) is 5.59. The molecule has 4 aromatic rings. The molecule has 0 saturated carbocycles. The van der Waals surface area contributed by atoms with Gasteiger partial charge in [-0.15, -0.1) is 0 Å². The lowest BCUT2D eigenvalue weighted by Crippen LogP contribution is -2.37. The van der Waals surface area contributed by atoms with E-state index in [0.29, 0.717) is 6.04 Å². The number of aryl methyl sites for hydroxylation is 1. The van der Waals surface area contributed by atoms with Crippen LogP contribution in [0.2, 0.25) is 0 Å². The minimum Gasteiger partial charge on any atom is -0.368 e. The molecule has 5 rings (SSSR count). The summed E-state index contributed by atoms with van der Waals surface area (Å²) in [6.45, 7) is 5.22. The van der Waals surface area contributed by atoms with Crippen molar-refractivity contribution in [1.82, 2.24) is 34.6 Å². The van der Waals surface area contributed by atoms with E-state index < -0.39 is 0 Å². The number of carbonyl (C=O) groups is 1. The van der Waals surface area contributed by atoms with Crippen molar-refractivity contribution < 1.29 is 4.79 Å². The van der Waals surface area contributed by atoms with Crippen molar-refractivity contribution in [3.63, 3.8) is 0 Å². The van der Waals surface area contributed by atoms with Crippen LogP contribution in [-0.4, -0.2) is 53.6 Å². The molecule has 0 atom stereocenters. The van der Waals surface area contributed by atoms with Crippen LogP contribution in [0, 0.1) is 0 Å². The van der Waals surface area contributed by atoms with Gasteiger partial charge in [-0.1, -0.05) is 6.92 Å². The van der Waals surface area contributed by atoms with E-state index in [4.69, 9.17) is 5.73 Å². The largest absolute Gasteiger partial charge is 0.368 e. The summed E-state index contributed by atoms with van der Waals surface area (Å²) in [7, 11) is 0. The molecular formula is C23H26N8O. The first-order valence-electron chi connectivity index (χ1n) is 10.9. The highest BCUT2D eigenvalue weighted by Crippen LogP contribution is 2.31. The molecule has 1 fully saturated rings. The Hall–Kier alpha value is -3.75. The minimum absolute atomic E-state index is 0.141. The number of carbonyl (C=O) groups excluding carboxylic acids is 1. The number of H-pyrrole nitrogens is 1. The molecule has 0 aliphatic carbocycles. The summed E-state index contributed by atoms with van der Waals surface area (Å²) in [6, 6.07) is 4.38. The maximum atomic E-state index is 11.6. The van der Waals surface area contributed by atoms with Gasteiger partial charge in [0.05, 0.1) is 17.9 Å². The van der Waals surface area contributed by atoms with Gasteiger partial charge in [0.15, 0.2) is 0 Å². The molecule has 1 aliphatic heterocycles. The van der Waals surface area contributed by atoms with Crippen molar-refractivity contribution in [2.75, 3.05) is 18.8 Å². The Labute approximate surface area is 185 Å². The van der Waals surface area contributed by atoms with Gasteiger partial charge in [0, 0.05) is 66.4 Å². The monoisotopic (exact) mass is 430 g/mol. The third-order valence-electron chi connectivity index (χ3n) is 6.18. The number of anilines is 1. The zero-order valence-electron chi connectivity index (χ0n) is 18.2. The van der Waals surface area contributed by atoms with Crippen LogP contribution in [0.5, 0.6) is 0 Å². The minimum atomic E-state index is 0.141. The first kappa shape index (κ1) is 20.2. The van der Waals surface area contributed by atoms with E-state index in [1.165, 1.54) is 0 Å². The lowest BCUT2D eigenvalue weighted by molar-refractivity contribution is -0.130. The van der Waals surface area contributed by atoms with E-state index in [1.54, 1.807) is 6.92 Å². The van der Waals surface area contributed by atoms with Gasteiger partial charge in [0.25, 0.3) is 0 Å². The summed E-state index contributed by atoms with van der Waals surface area (Å²) < 4.78 is 2.02. The topological polar surface area (TPSA) is 119 Å². The number of pyridine rings is 1. The number of nitrogen functional groups attached to an aromatic ring is 1. The molecular weight excluding hydrogens is 404 g/mol. The Kier molecular flexibility index (Phi) is 5.08. The van der Waals surface area contributed by atoms with Gasteiger partial charge in [0.2, 0.25) is 11.9 Å². The molecule has 0 unspecified atom stereocenters. The summed E-state index contributed by atoms with van der Waals surface area (Å²) in [6.07, 6.45) is 10.3. The summed E-state index contributed by atoms with van der Waals surface area (Å²) in [5.74, 6) is 0.415. The third kappa shape index (κ3) is 3.70. The molecule has 0 radical (unpaired) electrons. The number of fused-ring (bicyclic) bond motifs is 1. The second kappa shape index (κ2) is 8.07. The zero-order valence-corrected chi connectivity index (χ0v) is 18.2. The SMILES string of the molecule is CCc1cc(-c2c[nH]c3ncc(-c4cnn(C5CCN(C(C)=O)CC5)c4)cc23)nc(N)n1. The average Bonchev–Trinajstić information content (AvgIpc) is 3.46. The fourth-order valence-corrected chi connectivity index (χ4v) is 4.34. The number of piperidine rings is 1. The van der Waals surface area contributed by atoms with Crippen molar-refractivity contribution in [2.45, 2.75) is 39.2 Å². The van der Waals surface area contributed by atoms with Crippen LogP contribution in [0.1, 0.15) is 38.4 Å².